The Labute approximate surface area is 328 Å². The number of halogens is 4. The molecule has 0 aliphatic rings. The van der Waals surface area contributed by atoms with E-state index in [4.69, 9.17) is 50.8 Å². The summed E-state index contributed by atoms with van der Waals surface area (Å²) in [6, 6.07) is 26.7. The molecule has 8 aromatic rings. The van der Waals surface area contributed by atoms with E-state index in [-0.39, 0.29) is 27.3 Å². The van der Waals surface area contributed by atoms with Crippen molar-refractivity contribution in [1.29, 1.82) is 0 Å². The van der Waals surface area contributed by atoms with E-state index >= 15 is 0 Å². The predicted octanol–water partition coefficient (Wildman–Crippen LogP) is 12.1. The lowest BCUT2D eigenvalue weighted by atomic mass is 10.1. The van der Waals surface area contributed by atoms with Gasteiger partial charge in [-0.05, 0) is 115 Å². The Morgan fingerprint density at radius 2 is 1.23 bits per heavy atom. The molecule has 0 aliphatic carbocycles. The smallest absolute Gasteiger partial charge is 0.276 e. The topological polar surface area (TPSA) is 123 Å². The van der Waals surface area contributed by atoms with E-state index in [0.717, 1.165) is 66.2 Å². The second kappa shape index (κ2) is 15.3. The number of thiazole rings is 1. The second-order valence-corrected chi connectivity index (χ2v) is 15.8. The number of hydrogen-bond acceptors (Lipinski definition) is 10. The number of rotatable bonds is 6. The molecule has 0 unspecified atom stereocenters. The first-order valence-corrected chi connectivity index (χ1v) is 19.1. The molecule has 16 heteroatoms. The van der Waals surface area contributed by atoms with E-state index in [1.165, 1.54) is 5.56 Å². The fourth-order valence-corrected chi connectivity index (χ4v) is 7.98. The van der Waals surface area contributed by atoms with E-state index in [0.29, 0.717) is 25.8 Å². The molecular weight excluding hydrogens is 802 g/mol. The molecule has 52 heavy (non-hydrogen) atoms. The monoisotopic (exact) mass is 822 g/mol. The molecule has 260 valence electrons. The Kier molecular flexibility index (Phi) is 10.6. The van der Waals surface area contributed by atoms with Gasteiger partial charge in [-0.3, -0.25) is 9.59 Å². The third kappa shape index (κ3) is 7.83. The van der Waals surface area contributed by atoms with Crippen molar-refractivity contribution in [1.82, 2.24) is 18.7 Å². The molecule has 0 fully saturated rings. The number of aryl methyl sites for hydroxylation is 2. The van der Waals surface area contributed by atoms with Crippen molar-refractivity contribution in [2.45, 2.75) is 13.8 Å². The zero-order chi connectivity index (χ0) is 36.5. The number of carbonyl (C=O) groups is 2. The van der Waals surface area contributed by atoms with Gasteiger partial charge in [-0.2, -0.15) is 8.75 Å². The molecule has 9 nitrogen and oxygen atoms in total. The molecule has 2 amide bonds. The summed E-state index contributed by atoms with van der Waals surface area (Å²) >= 11 is 27.2. The van der Waals surface area contributed by atoms with Crippen LogP contribution in [0.5, 0.6) is 0 Å². The molecule has 0 saturated carbocycles. The van der Waals surface area contributed by atoms with Crippen LogP contribution in [0.4, 0.5) is 11.4 Å². The molecule has 0 bridgehead atoms. The molecule has 5 heterocycles. The summed E-state index contributed by atoms with van der Waals surface area (Å²) < 4.78 is 15.5. The van der Waals surface area contributed by atoms with Gasteiger partial charge in [0.15, 0.2) is 17.0 Å². The standard InChI is InChI=1S/C18H11Cl2N3O2S.C18H11Cl2N3OS2/c1-9-2-7-13-12(21-9)8-14(25-13)10-3-5-11(6-4-10)22-18(24)16-15(19)17(20)26-23-16;1-9-2-7-12-13(8-9)25-18(22-12)10-3-5-11(6-4-10)21-17(24)15-14(19)16(20)26-23-15/h2-8H,1H3,(H,22,24);2-8H,1H3,(H,21,24). The lowest BCUT2D eigenvalue weighted by molar-refractivity contribution is 0.101. The molecule has 0 saturated heterocycles. The highest BCUT2D eigenvalue weighted by molar-refractivity contribution is 7.21. The van der Waals surface area contributed by atoms with Gasteiger partial charge in [-0.15, -0.1) is 11.3 Å². The fourth-order valence-electron chi connectivity index (χ4n) is 4.92. The molecule has 0 atom stereocenters. The predicted molar refractivity (Wildman–Crippen MR) is 214 cm³/mol. The highest BCUT2D eigenvalue weighted by atomic mass is 35.5. The van der Waals surface area contributed by atoms with Crippen LogP contribution in [0, 0.1) is 13.8 Å². The number of nitrogens with one attached hydrogen (secondary N) is 2. The van der Waals surface area contributed by atoms with Gasteiger partial charge in [0, 0.05) is 34.3 Å². The molecule has 0 radical (unpaired) electrons. The largest absolute Gasteiger partial charge is 0.454 e. The minimum Gasteiger partial charge on any atom is -0.454 e. The maximum Gasteiger partial charge on any atom is 0.276 e. The summed E-state index contributed by atoms with van der Waals surface area (Å²) in [6.45, 7) is 4.00. The summed E-state index contributed by atoms with van der Waals surface area (Å²) in [5.41, 5.74) is 8.07. The van der Waals surface area contributed by atoms with Crippen LogP contribution in [-0.2, 0) is 0 Å². The van der Waals surface area contributed by atoms with Crippen molar-refractivity contribution < 1.29 is 14.0 Å². The average molecular weight is 825 g/mol. The Bertz CT molecular complexity index is 2420. The summed E-state index contributed by atoms with van der Waals surface area (Å²) in [7, 11) is 0. The van der Waals surface area contributed by atoms with Crippen LogP contribution >= 0.6 is 80.8 Å². The van der Waals surface area contributed by atoms with E-state index in [1.807, 2.05) is 67.6 Å². The van der Waals surface area contributed by atoms with E-state index in [1.54, 1.807) is 23.5 Å². The van der Waals surface area contributed by atoms with Gasteiger partial charge in [-0.1, -0.05) is 52.5 Å². The van der Waals surface area contributed by atoms with Crippen molar-refractivity contribution in [3.8, 4) is 21.9 Å². The van der Waals surface area contributed by atoms with E-state index in [2.05, 4.69) is 48.4 Å². The maximum absolute atomic E-state index is 12.2. The minimum atomic E-state index is -0.408. The van der Waals surface area contributed by atoms with E-state index < -0.39 is 5.91 Å². The van der Waals surface area contributed by atoms with Gasteiger partial charge >= 0.3 is 0 Å². The first-order valence-electron chi connectivity index (χ1n) is 15.2. The first-order chi connectivity index (χ1) is 25.0. The molecule has 2 N–H and O–H groups in total. The van der Waals surface area contributed by atoms with Gasteiger partial charge in [0.2, 0.25) is 0 Å². The Hall–Kier alpha value is -4.40. The quantitative estimate of drug-likeness (QED) is 0.171. The van der Waals surface area contributed by atoms with Crippen molar-refractivity contribution in [3.63, 3.8) is 0 Å². The SMILES string of the molecule is Cc1ccc2nc(-c3ccc(NC(=O)c4nsc(Cl)c4Cl)cc3)sc2c1.Cc1ccc2oc(-c3ccc(NC(=O)c4nsc(Cl)c4Cl)cc3)cc2n1. The average Bonchev–Trinajstić information content (AvgIpc) is 3.91. The van der Waals surface area contributed by atoms with Crippen LogP contribution in [-0.4, -0.2) is 30.5 Å². The molecule has 5 aromatic heterocycles. The molecule has 0 aliphatic heterocycles. The third-order valence-electron chi connectivity index (χ3n) is 7.50. The van der Waals surface area contributed by atoms with Crippen LogP contribution in [0.1, 0.15) is 32.2 Å². The Balaban J connectivity index is 0.000000162. The van der Waals surface area contributed by atoms with Gasteiger partial charge in [0.05, 0.1) is 10.2 Å². The number of hydrogen-bond donors (Lipinski definition) is 2. The second-order valence-electron chi connectivity index (χ2n) is 11.2. The third-order valence-corrected chi connectivity index (χ3v) is 11.8. The number of anilines is 2. The maximum atomic E-state index is 12.2. The van der Waals surface area contributed by atoms with Crippen molar-refractivity contribution in [2.75, 3.05) is 10.6 Å². The number of aromatic nitrogens is 4. The number of fused-ring (bicyclic) bond motifs is 2. The highest BCUT2D eigenvalue weighted by Crippen LogP contribution is 2.34. The van der Waals surface area contributed by atoms with Crippen molar-refractivity contribution >= 4 is 125 Å². The van der Waals surface area contributed by atoms with Gasteiger partial charge < -0.3 is 15.1 Å². The summed E-state index contributed by atoms with van der Waals surface area (Å²) in [6.07, 6.45) is 0. The van der Waals surface area contributed by atoms with Gasteiger partial charge in [0.25, 0.3) is 11.8 Å². The fraction of sp³-hybridized carbons (Fsp3) is 0.0556. The number of benzene rings is 3. The highest BCUT2D eigenvalue weighted by Gasteiger charge is 2.19. The van der Waals surface area contributed by atoms with Crippen LogP contribution < -0.4 is 10.6 Å². The molecular formula is C36H22Cl4N6O3S3. The zero-order valence-corrected chi connectivity index (χ0v) is 32.3. The number of carbonyl (C=O) groups excluding carboxylic acids is 2. The van der Waals surface area contributed by atoms with Crippen molar-refractivity contribution in [3.05, 3.63) is 126 Å². The molecule has 0 spiro atoms. The molecule has 3 aromatic carbocycles. The van der Waals surface area contributed by atoms with Crippen molar-refractivity contribution in [2.24, 2.45) is 0 Å². The lowest BCUT2D eigenvalue weighted by Gasteiger charge is -2.04. The number of furan rings is 1. The number of nitrogens with zero attached hydrogens (tertiary/aromatic N) is 4. The van der Waals surface area contributed by atoms with Crippen LogP contribution in [0.3, 0.4) is 0 Å². The van der Waals surface area contributed by atoms with Gasteiger partial charge in [-0.25, -0.2) is 9.97 Å². The Morgan fingerprint density at radius 3 is 1.79 bits per heavy atom. The van der Waals surface area contributed by atoms with Crippen LogP contribution in [0.2, 0.25) is 18.7 Å². The normalized spacial score (nSPS) is 11.0. The van der Waals surface area contributed by atoms with Crippen LogP contribution in [0.15, 0.2) is 89.3 Å². The molecule has 8 rings (SSSR count). The minimum absolute atomic E-state index is 0.115. The van der Waals surface area contributed by atoms with Crippen LogP contribution in [0.25, 0.3) is 43.2 Å². The van der Waals surface area contributed by atoms with Gasteiger partial charge in [0.1, 0.15) is 35.0 Å². The zero-order valence-electron chi connectivity index (χ0n) is 26.8. The summed E-state index contributed by atoms with van der Waals surface area (Å²) in [5.74, 6) is -0.0824. The lowest BCUT2D eigenvalue weighted by Crippen LogP contribution is -2.12. The summed E-state index contributed by atoms with van der Waals surface area (Å²) in [4.78, 5) is 33.6. The number of pyridine rings is 1. The van der Waals surface area contributed by atoms with E-state index in [9.17, 15) is 9.59 Å². The summed E-state index contributed by atoms with van der Waals surface area (Å²) in [5, 5.41) is 6.80. The first kappa shape index (κ1) is 36.0. The number of amides is 2. The Morgan fingerprint density at radius 1 is 0.654 bits per heavy atom.